The number of carbonyl (C=O) groups is 2. The molecule has 4 nitrogen and oxygen atoms in total. The van der Waals surface area contributed by atoms with Gasteiger partial charge in [-0.3, -0.25) is 4.79 Å². The number of carbonyl (C=O) groups excluding carboxylic acids is 1. The SMILES string of the molecule is Cc1cc(C(=O)NC2CC2)ccc1/C=C/C(=O)O. The average molecular weight is 245 g/mol. The number of hydrogen-bond donors (Lipinski definition) is 2. The standard InChI is InChI=1S/C14H15NO3/c1-9-8-11(14(18)15-12-5-6-12)3-2-10(9)4-7-13(16)17/h2-4,7-8,12H,5-6H2,1H3,(H,15,18)(H,16,17)/b7-4+. The fourth-order valence-corrected chi connectivity index (χ4v) is 1.66. The van der Waals surface area contributed by atoms with Crippen LogP contribution < -0.4 is 5.32 Å². The zero-order valence-electron chi connectivity index (χ0n) is 10.1. The molecule has 2 rings (SSSR count). The van der Waals surface area contributed by atoms with Gasteiger partial charge in [0.15, 0.2) is 0 Å². The Bertz CT molecular complexity index is 516. The largest absolute Gasteiger partial charge is 0.478 e. The van der Waals surface area contributed by atoms with Gasteiger partial charge < -0.3 is 10.4 Å². The predicted molar refractivity (Wildman–Crippen MR) is 68.3 cm³/mol. The molecule has 0 bridgehead atoms. The molecule has 1 amide bonds. The van der Waals surface area contributed by atoms with E-state index in [4.69, 9.17) is 5.11 Å². The Balaban J connectivity index is 2.13. The Morgan fingerprint density at radius 1 is 1.39 bits per heavy atom. The van der Waals surface area contributed by atoms with E-state index >= 15 is 0 Å². The number of aliphatic carboxylic acids is 1. The average Bonchev–Trinajstić information content (AvgIpc) is 3.11. The molecular weight excluding hydrogens is 230 g/mol. The molecule has 0 saturated heterocycles. The van der Waals surface area contributed by atoms with Crippen LogP contribution >= 0.6 is 0 Å². The van der Waals surface area contributed by atoms with Crippen molar-refractivity contribution >= 4 is 18.0 Å². The summed E-state index contributed by atoms with van der Waals surface area (Å²) in [6, 6.07) is 5.59. The molecule has 1 aromatic rings. The zero-order chi connectivity index (χ0) is 13.1. The normalized spacial score (nSPS) is 14.7. The minimum atomic E-state index is -0.982. The molecule has 0 atom stereocenters. The third-order valence-corrected chi connectivity index (χ3v) is 2.85. The molecule has 2 N–H and O–H groups in total. The summed E-state index contributed by atoms with van der Waals surface area (Å²) in [6.07, 6.45) is 4.74. The molecule has 4 heteroatoms. The quantitative estimate of drug-likeness (QED) is 0.797. The minimum absolute atomic E-state index is 0.0608. The van der Waals surface area contributed by atoms with Gasteiger partial charge in [0.1, 0.15) is 0 Å². The van der Waals surface area contributed by atoms with E-state index in [-0.39, 0.29) is 5.91 Å². The van der Waals surface area contributed by atoms with Crippen LogP contribution in [0.4, 0.5) is 0 Å². The lowest BCUT2D eigenvalue weighted by Crippen LogP contribution is -2.25. The Morgan fingerprint density at radius 3 is 2.67 bits per heavy atom. The molecule has 0 unspecified atom stereocenters. The van der Waals surface area contributed by atoms with Gasteiger partial charge in [0.05, 0.1) is 0 Å². The summed E-state index contributed by atoms with van der Waals surface area (Å²) in [5.74, 6) is -1.04. The Kier molecular flexibility index (Phi) is 3.46. The van der Waals surface area contributed by atoms with Crippen LogP contribution in [0.5, 0.6) is 0 Å². The lowest BCUT2D eigenvalue weighted by atomic mass is 10.0. The number of benzene rings is 1. The summed E-state index contributed by atoms with van der Waals surface area (Å²) in [5, 5.41) is 11.5. The van der Waals surface area contributed by atoms with Crippen molar-refractivity contribution in [3.63, 3.8) is 0 Å². The number of rotatable bonds is 4. The lowest BCUT2D eigenvalue weighted by molar-refractivity contribution is -0.131. The van der Waals surface area contributed by atoms with Gasteiger partial charge in [-0.15, -0.1) is 0 Å². The molecule has 94 valence electrons. The highest BCUT2D eigenvalue weighted by Gasteiger charge is 2.23. The van der Waals surface area contributed by atoms with Gasteiger partial charge in [-0.1, -0.05) is 6.07 Å². The van der Waals surface area contributed by atoms with E-state index < -0.39 is 5.97 Å². The molecule has 0 aliphatic heterocycles. The zero-order valence-corrected chi connectivity index (χ0v) is 10.1. The summed E-state index contributed by atoms with van der Waals surface area (Å²) in [5.41, 5.74) is 2.31. The van der Waals surface area contributed by atoms with Gasteiger partial charge >= 0.3 is 5.97 Å². The third kappa shape index (κ3) is 3.20. The van der Waals surface area contributed by atoms with E-state index in [0.717, 1.165) is 30.0 Å². The van der Waals surface area contributed by atoms with Gasteiger partial charge in [0, 0.05) is 17.7 Å². The van der Waals surface area contributed by atoms with Crippen LogP contribution in [0.1, 0.15) is 34.3 Å². The Labute approximate surface area is 105 Å². The van der Waals surface area contributed by atoms with E-state index in [1.807, 2.05) is 6.92 Å². The molecule has 1 aromatic carbocycles. The predicted octanol–water partition coefficient (Wildman–Crippen LogP) is 1.99. The number of hydrogen-bond acceptors (Lipinski definition) is 2. The molecule has 1 fully saturated rings. The Hall–Kier alpha value is -2.10. The number of carboxylic acids is 1. The molecule has 0 radical (unpaired) electrons. The molecule has 1 saturated carbocycles. The molecule has 1 aliphatic carbocycles. The second kappa shape index (κ2) is 5.04. The van der Waals surface area contributed by atoms with Crippen LogP contribution in [-0.2, 0) is 4.79 Å². The van der Waals surface area contributed by atoms with Gasteiger partial charge in [0.25, 0.3) is 5.91 Å². The highest BCUT2D eigenvalue weighted by atomic mass is 16.4. The summed E-state index contributed by atoms with van der Waals surface area (Å²) in [6.45, 7) is 1.86. The van der Waals surface area contributed by atoms with Crippen LogP contribution in [0.3, 0.4) is 0 Å². The highest BCUT2D eigenvalue weighted by molar-refractivity contribution is 5.95. The summed E-state index contributed by atoms with van der Waals surface area (Å²) in [4.78, 5) is 22.2. The van der Waals surface area contributed by atoms with Crippen molar-refractivity contribution in [2.45, 2.75) is 25.8 Å². The fraction of sp³-hybridized carbons (Fsp3) is 0.286. The molecule has 0 heterocycles. The van der Waals surface area contributed by atoms with E-state index in [0.29, 0.717) is 11.6 Å². The third-order valence-electron chi connectivity index (χ3n) is 2.85. The second-order valence-corrected chi connectivity index (χ2v) is 4.49. The van der Waals surface area contributed by atoms with Crippen LogP contribution in [0.15, 0.2) is 24.3 Å². The van der Waals surface area contributed by atoms with E-state index in [1.165, 1.54) is 6.08 Å². The van der Waals surface area contributed by atoms with Crippen molar-refractivity contribution in [3.8, 4) is 0 Å². The number of aryl methyl sites for hydroxylation is 1. The molecule has 0 aromatic heterocycles. The first-order valence-electron chi connectivity index (χ1n) is 5.89. The first kappa shape index (κ1) is 12.4. The van der Waals surface area contributed by atoms with Crippen LogP contribution in [-0.4, -0.2) is 23.0 Å². The summed E-state index contributed by atoms with van der Waals surface area (Å²) >= 11 is 0. The van der Waals surface area contributed by atoms with Crippen molar-refractivity contribution in [2.75, 3.05) is 0 Å². The minimum Gasteiger partial charge on any atom is -0.478 e. The van der Waals surface area contributed by atoms with E-state index in [9.17, 15) is 9.59 Å². The van der Waals surface area contributed by atoms with Crippen molar-refractivity contribution in [1.29, 1.82) is 0 Å². The monoisotopic (exact) mass is 245 g/mol. The maximum Gasteiger partial charge on any atom is 0.328 e. The van der Waals surface area contributed by atoms with Crippen molar-refractivity contribution in [3.05, 3.63) is 41.0 Å². The maximum atomic E-state index is 11.8. The molecule has 0 spiro atoms. The van der Waals surface area contributed by atoms with Gasteiger partial charge in [-0.2, -0.15) is 0 Å². The first-order chi connectivity index (χ1) is 8.56. The summed E-state index contributed by atoms with van der Waals surface area (Å²) in [7, 11) is 0. The van der Waals surface area contributed by atoms with Gasteiger partial charge in [-0.25, -0.2) is 4.79 Å². The lowest BCUT2D eigenvalue weighted by Gasteiger charge is -2.06. The number of nitrogens with one attached hydrogen (secondary N) is 1. The van der Waals surface area contributed by atoms with Gasteiger partial charge in [0.2, 0.25) is 0 Å². The highest BCUT2D eigenvalue weighted by Crippen LogP contribution is 2.20. The molecular formula is C14H15NO3. The number of carboxylic acid groups (broad SMARTS) is 1. The smallest absolute Gasteiger partial charge is 0.328 e. The molecule has 1 aliphatic rings. The second-order valence-electron chi connectivity index (χ2n) is 4.49. The van der Waals surface area contributed by atoms with Gasteiger partial charge in [-0.05, 0) is 49.1 Å². The van der Waals surface area contributed by atoms with E-state index in [2.05, 4.69) is 5.32 Å². The first-order valence-corrected chi connectivity index (χ1v) is 5.89. The van der Waals surface area contributed by atoms with Crippen molar-refractivity contribution < 1.29 is 14.7 Å². The van der Waals surface area contributed by atoms with E-state index in [1.54, 1.807) is 18.2 Å². The fourth-order valence-electron chi connectivity index (χ4n) is 1.66. The Morgan fingerprint density at radius 2 is 2.11 bits per heavy atom. The molecule has 18 heavy (non-hydrogen) atoms. The number of amides is 1. The maximum absolute atomic E-state index is 11.8. The topological polar surface area (TPSA) is 66.4 Å². The van der Waals surface area contributed by atoms with Crippen LogP contribution in [0.25, 0.3) is 6.08 Å². The summed E-state index contributed by atoms with van der Waals surface area (Å²) < 4.78 is 0. The van der Waals surface area contributed by atoms with Crippen molar-refractivity contribution in [1.82, 2.24) is 5.32 Å². The van der Waals surface area contributed by atoms with Crippen molar-refractivity contribution in [2.24, 2.45) is 0 Å². The van der Waals surface area contributed by atoms with Crippen LogP contribution in [0.2, 0.25) is 0 Å². The van der Waals surface area contributed by atoms with Crippen LogP contribution in [0, 0.1) is 6.92 Å².